The highest BCUT2D eigenvalue weighted by Crippen LogP contribution is 2.14. The largest absolute Gasteiger partial charge is 0.464 e. The molecular formula is C12H22NO4Si. The molecule has 103 valence electrons. The Morgan fingerprint density at radius 2 is 1.78 bits per heavy atom. The van der Waals surface area contributed by atoms with Crippen molar-refractivity contribution < 1.29 is 19.1 Å². The van der Waals surface area contributed by atoms with E-state index in [9.17, 15) is 9.59 Å². The first kappa shape index (κ1) is 16.7. The molecule has 18 heavy (non-hydrogen) atoms. The molecule has 0 unspecified atom stereocenters. The lowest BCUT2D eigenvalue weighted by Gasteiger charge is -2.28. The van der Waals surface area contributed by atoms with E-state index in [2.05, 4.69) is 11.3 Å². The van der Waals surface area contributed by atoms with E-state index in [1.54, 1.807) is 20.8 Å². The summed E-state index contributed by atoms with van der Waals surface area (Å²) in [5.74, 6) is -0.621. The van der Waals surface area contributed by atoms with Crippen LogP contribution in [0.25, 0.3) is 0 Å². The van der Waals surface area contributed by atoms with E-state index in [-0.39, 0.29) is 5.70 Å². The number of hydrogen-bond acceptors (Lipinski definition) is 4. The predicted octanol–water partition coefficient (Wildman–Crippen LogP) is 2.20. The normalized spacial score (nSPS) is 11.1. The zero-order valence-corrected chi connectivity index (χ0v) is 13.0. The van der Waals surface area contributed by atoms with Gasteiger partial charge in [0.05, 0.1) is 15.9 Å². The van der Waals surface area contributed by atoms with E-state index >= 15 is 0 Å². The first-order valence-corrected chi connectivity index (χ1v) is 8.36. The molecule has 0 N–H and O–H groups in total. The maximum atomic E-state index is 12.0. The number of hydrogen-bond donors (Lipinski definition) is 0. The van der Waals surface area contributed by atoms with Crippen LogP contribution in [0.15, 0.2) is 12.3 Å². The van der Waals surface area contributed by atoms with Gasteiger partial charge in [0.1, 0.15) is 11.3 Å². The molecule has 0 aromatic heterocycles. The third kappa shape index (κ3) is 5.86. The number of carbonyl (C=O) groups is 2. The maximum Gasteiger partial charge on any atom is 0.414 e. The van der Waals surface area contributed by atoms with E-state index in [1.165, 1.54) is 12.0 Å². The molecule has 5 nitrogen and oxygen atoms in total. The Morgan fingerprint density at radius 1 is 1.28 bits per heavy atom. The van der Waals surface area contributed by atoms with Crippen molar-refractivity contribution in [2.24, 2.45) is 0 Å². The lowest BCUT2D eigenvalue weighted by molar-refractivity contribution is -0.137. The molecule has 0 atom stereocenters. The predicted molar refractivity (Wildman–Crippen MR) is 71.6 cm³/mol. The van der Waals surface area contributed by atoms with Gasteiger partial charge in [-0.2, -0.15) is 0 Å². The summed E-state index contributed by atoms with van der Waals surface area (Å²) >= 11 is 0. The first-order chi connectivity index (χ1) is 8.08. The molecule has 0 spiro atoms. The van der Waals surface area contributed by atoms with Crippen molar-refractivity contribution in [1.29, 1.82) is 0 Å². The smallest absolute Gasteiger partial charge is 0.414 e. The Hall–Kier alpha value is -1.30. The van der Waals surface area contributed by atoms with Crippen molar-refractivity contribution >= 4 is 20.9 Å². The maximum absolute atomic E-state index is 12.0. The summed E-state index contributed by atoms with van der Waals surface area (Å²) in [4.78, 5) is 24.7. The molecule has 0 aliphatic rings. The van der Waals surface area contributed by atoms with Crippen LogP contribution >= 0.6 is 0 Å². The van der Waals surface area contributed by atoms with Gasteiger partial charge in [-0.05, 0) is 20.8 Å². The fourth-order valence-corrected chi connectivity index (χ4v) is 2.08. The van der Waals surface area contributed by atoms with Crippen LogP contribution in [0, 0.1) is 0 Å². The minimum Gasteiger partial charge on any atom is -0.464 e. The summed E-state index contributed by atoms with van der Waals surface area (Å²) in [6, 6.07) is 0. The van der Waals surface area contributed by atoms with Crippen LogP contribution in [0.1, 0.15) is 20.8 Å². The Bertz CT molecular complexity index is 333. The van der Waals surface area contributed by atoms with Crippen LogP contribution in [-0.4, -0.2) is 44.6 Å². The summed E-state index contributed by atoms with van der Waals surface area (Å²) in [7, 11) is 0.493. The standard InChI is InChI=1S/C12H22NO4Si/c1-9(10(14)16-5)13(8-18(6)7)11(15)17-12(2,3)4/h1,8H2,2-7H3. The van der Waals surface area contributed by atoms with E-state index in [1.807, 2.05) is 13.1 Å². The molecule has 0 aromatic carbocycles. The van der Waals surface area contributed by atoms with Crippen LogP contribution in [0.3, 0.4) is 0 Å². The number of esters is 1. The number of ether oxygens (including phenoxy) is 2. The van der Waals surface area contributed by atoms with Crippen LogP contribution in [0.5, 0.6) is 0 Å². The molecule has 0 saturated carbocycles. The van der Waals surface area contributed by atoms with Gasteiger partial charge in [-0.3, -0.25) is 4.90 Å². The minimum atomic E-state index is -0.762. The molecule has 1 radical (unpaired) electrons. The number of carbonyl (C=O) groups excluding carboxylic acids is 2. The van der Waals surface area contributed by atoms with Crippen molar-refractivity contribution in [3.8, 4) is 0 Å². The highest BCUT2D eigenvalue weighted by Gasteiger charge is 2.28. The molecule has 0 fully saturated rings. The Balaban J connectivity index is 4.94. The van der Waals surface area contributed by atoms with Crippen molar-refractivity contribution in [3.63, 3.8) is 0 Å². The molecule has 0 aromatic rings. The van der Waals surface area contributed by atoms with Crippen molar-refractivity contribution in [2.45, 2.75) is 39.5 Å². The third-order valence-electron chi connectivity index (χ3n) is 1.84. The third-order valence-corrected chi connectivity index (χ3v) is 2.78. The van der Waals surface area contributed by atoms with Gasteiger partial charge in [-0.1, -0.05) is 19.7 Å². The zero-order valence-electron chi connectivity index (χ0n) is 12.0. The van der Waals surface area contributed by atoms with Crippen molar-refractivity contribution in [3.05, 3.63) is 12.3 Å². The number of methoxy groups -OCH3 is 1. The Labute approximate surface area is 110 Å². The molecule has 0 saturated heterocycles. The molecule has 0 rings (SSSR count). The zero-order chi connectivity index (χ0) is 14.5. The monoisotopic (exact) mass is 272 g/mol. The van der Waals surface area contributed by atoms with E-state index in [0.29, 0.717) is 6.17 Å². The second-order valence-electron chi connectivity index (χ2n) is 5.21. The molecule has 1 amide bonds. The molecule has 0 heterocycles. The van der Waals surface area contributed by atoms with Gasteiger partial charge in [-0.15, -0.1) is 0 Å². The SMILES string of the molecule is C=C(C(=O)OC)N(C[Si](C)C)C(=O)OC(C)(C)C. The van der Waals surface area contributed by atoms with Gasteiger partial charge < -0.3 is 9.47 Å². The number of amides is 1. The average Bonchev–Trinajstić information content (AvgIpc) is 2.20. The lowest BCUT2D eigenvalue weighted by atomic mass is 10.2. The topological polar surface area (TPSA) is 55.8 Å². The molecule has 0 bridgehead atoms. The quantitative estimate of drug-likeness (QED) is 0.447. The van der Waals surface area contributed by atoms with E-state index in [0.717, 1.165) is 0 Å². The number of rotatable bonds is 4. The van der Waals surface area contributed by atoms with Crippen LogP contribution < -0.4 is 0 Å². The van der Waals surface area contributed by atoms with Crippen LogP contribution in [0.4, 0.5) is 4.79 Å². The van der Waals surface area contributed by atoms with Crippen LogP contribution in [-0.2, 0) is 14.3 Å². The van der Waals surface area contributed by atoms with E-state index < -0.39 is 26.5 Å². The Morgan fingerprint density at radius 3 is 2.11 bits per heavy atom. The highest BCUT2D eigenvalue weighted by molar-refractivity contribution is 6.56. The van der Waals surface area contributed by atoms with Crippen LogP contribution in [0.2, 0.25) is 13.1 Å². The van der Waals surface area contributed by atoms with Gasteiger partial charge in [0.2, 0.25) is 0 Å². The highest BCUT2D eigenvalue weighted by atomic mass is 28.3. The molecule has 0 aliphatic heterocycles. The molecular weight excluding hydrogens is 250 g/mol. The van der Waals surface area contributed by atoms with Gasteiger partial charge >= 0.3 is 12.1 Å². The summed E-state index contributed by atoms with van der Waals surface area (Å²) in [6.45, 7) is 13.0. The fraction of sp³-hybridized carbons (Fsp3) is 0.667. The summed E-state index contributed by atoms with van der Waals surface area (Å²) in [6.07, 6.45) is -0.114. The molecule has 6 heteroatoms. The number of nitrogens with zero attached hydrogens (tertiary/aromatic N) is 1. The first-order valence-electron chi connectivity index (χ1n) is 5.65. The lowest BCUT2D eigenvalue weighted by Crippen LogP contribution is -2.42. The average molecular weight is 272 g/mol. The second kappa shape index (κ2) is 6.58. The summed E-state index contributed by atoms with van der Waals surface area (Å²) in [5.41, 5.74) is -0.599. The summed E-state index contributed by atoms with van der Waals surface area (Å²) in [5, 5.41) is 0. The molecule has 0 aliphatic carbocycles. The van der Waals surface area contributed by atoms with Gasteiger partial charge in [0.15, 0.2) is 0 Å². The van der Waals surface area contributed by atoms with Gasteiger partial charge in [-0.25, -0.2) is 9.59 Å². The van der Waals surface area contributed by atoms with Gasteiger partial charge in [0.25, 0.3) is 0 Å². The second-order valence-corrected chi connectivity index (χ2v) is 7.94. The fourth-order valence-electron chi connectivity index (χ4n) is 1.13. The summed E-state index contributed by atoms with van der Waals surface area (Å²) < 4.78 is 9.83. The van der Waals surface area contributed by atoms with Gasteiger partial charge in [0, 0.05) is 6.17 Å². The van der Waals surface area contributed by atoms with E-state index in [4.69, 9.17) is 4.74 Å². The Kier molecular flexibility index (Phi) is 6.11. The van der Waals surface area contributed by atoms with Crippen molar-refractivity contribution in [2.75, 3.05) is 13.3 Å². The minimum absolute atomic E-state index is 0.0120. The van der Waals surface area contributed by atoms with Crippen molar-refractivity contribution in [1.82, 2.24) is 4.90 Å².